The maximum Gasteiger partial charge on any atom is 0.0501 e. The first-order chi connectivity index (χ1) is 7.00. The second-order valence-corrected chi connectivity index (χ2v) is 4.30. The molecule has 0 aliphatic rings. The van der Waals surface area contributed by atoms with E-state index in [1.54, 1.807) is 0 Å². The molecular weight excluding hydrogens is 208 g/mol. The molecule has 82 valence electrons. The van der Waals surface area contributed by atoms with E-state index in [0.29, 0.717) is 11.6 Å². The zero-order valence-electron chi connectivity index (χ0n) is 9.47. The van der Waals surface area contributed by atoms with Gasteiger partial charge < -0.3 is 10.2 Å². The maximum absolute atomic E-state index is 5.69. The van der Waals surface area contributed by atoms with Gasteiger partial charge in [-0.05, 0) is 24.6 Å². The number of hydrogen-bond donors (Lipinski definition) is 1. The van der Waals surface area contributed by atoms with Crippen molar-refractivity contribution in [1.29, 1.82) is 0 Å². The molecule has 0 unspecified atom stereocenters. The standard InChI is InChI=1S/C12H17ClN2/c1-9-5-6-11(14-8-10(2)13)7-12(9)15(3)4/h5-7,14H,2,8H2,1,3-4H3. The Morgan fingerprint density at radius 3 is 2.67 bits per heavy atom. The van der Waals surface area contributed by atoms with Crippen LogP contribution in [0.4, 0.5) is 11.4 Å². The van der Waals surface area contributed by atoms with Gasteiger partial charge in [0.05, 0.1) is 6.54 Å². The summed E-state index contributed by atoms with van der Waals surface area (Å²) in [6, 6.07) is 6.24. The Balaban J connectivity index is 2.83. The van der Waals surface area contributed by atoms with Crippen molar-refractivity contribution in [3.05, 3.63) is 35.4 Å². The number of rotatable bonds is 4. The second-order valence-electron chi connectivity index (χ2n) is 3.77. The van der Waals surface area contributed by atoms with Crippen molar-refractivity contribution in [2.75, 3.05) is 30.9 Å². The van der Waals surface area contributed by atoms with Gasteiger partial charge in [-0.1, -0.05) is 24.2 Å². The highest BCUT2D eigenvalue weighted by Gasteiger charge is 2.01. The molecule has 0 aliphatic heterocycles. The fraction of sp³-hybridized carbons (Fsp3) is 0.333. The molecule has 0 amide bonds. The molecule has 0 spiro atoms. The van der Waals surface area contributed by atoms with Gasteiger partial charge in [0.1, 0.15) is 0 Å². The SMILES string of the molecule is C=C(Cl)CNc1ccc(C)c(N(C)C)c1. The lowest BCUT2D eigenvalue weighted by Crippen LogP contribution is -2.11. The molecule has 2 nitrogen and oxygen atoms in total. The van der Waals surface area contributed by atoms with Gasteiger partial charge in [-0.3, -0.25) is 0 Å². The Morgan fingerprint density at radius 1 is 1.47 bits per heavy atom. The molecule has 0 saturated carbocycles. The third kappa shape index (κ3) is 3.48. The Labute approximate surface area is 96.5 Å². The van der Waals surface area contributed by atoms with Crippen molar-refractivity contribution in [3.63, 3.8) is 0 Å². The van der Waals surface area contributed by atoms with E-state index >= 15 is 0 Å². The molecular formula is C12H17ClN2. The van der Waals surface area contributed by atoms with E-state index in [1.165, 1.54) is 11.3 Å². The first-order valence-corrected chi connectivity index (χ1v) is 5.23. The average molecular weight is 225 g/mol. The normalized spacial score (nSPS) is 9.87. The number of benzene rings is 1. The van der Waals surface area contributed by atoms with Gasteiger partial charge in [0.2, 0.25) is 0 Å². The van der Waals surface area contributed by atoms with Crippen LogP contribution in [0.1, 0.15) is 5.56 Å². The van der Waals surface area contributed by atoms with Crippen LogP contribution in [0.3, 0.4) is 0 Å². The maximum atomic E-state index is 5.69. The Hall–Kier alpha value is -1.15. The van der Waals surface area contributed by atoms with Gasteiger partial charge in [-0.15, -0.1) is 0 Å². The van der Waals surface area contributed by atoms with Crippen LogP contribution in [-0.4, -0.2) is 20.6 Å². The van der Waals surface area contributed by atoms with E-state index in [1.807, 2.05) is 20.2 Å². The first-order valence-electron chi connectivity index (χ1n) is 4.86. The van der Waals surface area contributed by atoms with Crippen LogP contribution in [-0.2, 0) is 0 Å². The van der Waals surface area contributed by atoms with E-state index < -0.39 is 0 Å². The van der Waals surface area contributed by atoms with Crippen molar-refractivity contribution in [3.8, 4) is 0 Å². The smallest absolute Gasteiger partial charge is 0.0501 e. The van der Waals surface area contributed by atoms with E-state index in [9.17, 15) is 0 Å². The van der Waals surface area contributed by atoms with E-state index in [2.05, 4.69) is 35.9 Å². The predicted molar refractivity (Wildman–Crippen MR) is 69.0 cm³/mol. The average Bonchev–Trinajstić information content (AvgIpc) is 2.16. The summed E-state index contributed by atoms with van der Waals surface area (Å²) >= 11 is 5.69. The number of hydrogen-bond acceptors (Lipinski definition) is 2. The molecule has 1 aromatic carbocycles. The highest BCUT2D eigenvalue weighted by Crippen LogP contribution is 2.22. The van der Waals surface area contributed by atoms with Crippen molar-refractivity contribution in [2.45, 2.75) is 6.92 Å². The number of halogens is 1. The molecule has 0 aliphatic carbocycles. The van der Waals surface area contributed by atoms with Crippen LogP contribution in [0.2, 0.25) is 0 Å². The highest BCUT2D eigenvalue weighted by molar-refractivity contribution is 6.29. The molecule has 0 bridgehead atoms. The van der Waals surface area contributed by atoms with Gasteiger partial charge >= 0.3 is 0 Å². The first kappa shape index (κ1) is 11.9. The molecule has 0 saturated heterocycles. The quantitative estimate of drug-likeness (QED) is 0.845. The molecule has 3 heteroatoms. The predicted octanol–water partition coefficient (Wildman–Crippen LogP) is 3.23. The molecule has 0 aromatic heterocycles. The summed E-state index contributed by atoms with van der Waals surface area (Å²) in [5, 5.41) is 3.82. The lowest BCUT2D eigenvalue weighted by Gasteiger charge is -2.17. The number of nitrogens with zero attached hydrogens (tertiary/aromatic N) is 1. The Morgan fingerprint density at radius 2 is 2.13 bits per heavy atom. The fourth-order valence-electron chi connectivity index (χ4n) is 1.40. The number of nitrogens with one attached hydrogen (secondary N) is 1. The monoisotopic (exact) mass is 224 g/mol. The summed E-state index contributed by atoms with van der Waals surface area (Å²) in [7, 11) is 4.07. The third-order valence-electron chi connectivity index (χ3n) is 2.18. The lowest BCUT2D eigenvalue weighted by molar-refractivity contribution is 1.11. The minimum absolute atomic E-state index is 0.595. The van der Waals surface area contributed by atoms with Crippen molar-refractivity contribution in [1.82, 2.24) is 0 Å². The number of anilines is 2. The summed E-state index contributed by atoms with van der Waals surface area (Å²) in [6.07, 6.45) is 0. The summed E-state index contributed by atoms with van der Waals surface area (Å²) in [6.45, 7) is 6.33. The summed E-state index contributed by atoms with van der Waals surface area (Å²) in [5.41, 5.74) is 3.53. The molecule has 1 rings (SSSR count). The zero-order valence-corrected chi connectivity index (χ0v) is 10.2. The lowest BCUT2D eigenvalue weighted by atomic mass is 10.1. The summed E-state index contributed by atoms with van der Waals surface area (Å²) in [5.74, 6) is 0. The second kappa shape index (κ2) is 5.08. The Bertz CT molecular complexity index is 359. The van der Waals surface area contributed by atoms with Crippen LogP contribution in [0.5, 0.6) is 0 Å². The van der Waals surface area contributed by atoms with Gasteiger partial charge in [0.25, 0.3) is 0 Å². The molecule has 15 heavy (non-hydrogen) atoms. The van der Waals surface area contributed by atoms with Crippen LogP contribution in [0.15, 0.2) is 29.8 Å². The van der Waals surface area contributed by atoms with E-state index in [0.717, 1.165) is 5.69 Å². The molecule has 1 aromatic rings. The van der Waals surface area contributed by atoms with Gasteiger partial charge in [0.15, 0.2) is 0 Å². The fourth-order valence-corrected chi connectivity index (χ4v) is 1.47. The van der Waals surface area contributed by atoms with Crippen LogP contribution in [0.25, 0.3) is 0 Å². The minimum Gasteiger partial charge on any atom is -0.380 e. The zero-order chi connectivity index (χ0) is 11.4. The summed E-state index contributed by atoms with van der Waals surface area (Å²) < 4.78 is 0. The van der Waals surface area contributed by atoms with Crippen molar-refractivity contribution in [2.24, 2.45) is 0 Å². The van der Waals surface area contributed by atoms with Gasteiger partial charge in [-0.2, -0.15) is 0 Å². The topological polar surface area (TPSA) is 15.3 Å². The highest BCUT2D eigenvalue weighted by atomic mass is 35.5. The van der Waals surface area contributed by atoms with E-state index in [-0.39, 0.29) is 0 Å². The largest absolute Gasteiger partial charge is 0.380 e. The summed E-state index contributed by atoms with van der Waals surface area (Å²) in [4.78, 5) is 2.09. The van der Waals surface area contributed by atoms with Crippen molar-refractivity contribution < 1.29 is 0 Å². The van der Waals surface area contributed by atoms with Crippen molar-refractivity contribution >= 4 is 23.0 Å². The number of aryl methyl sites for hydroxylation is 1. The Kier molecular flexibility index (Phi) is 4.04. The van der Waals surface area contributed by atoms with Gasteiger partial charge in [0, 0.05) is 30.5 Å². The molecule has 0 heterocycles. The van der Waals surface area contributed by atoms with Crippen LogP contribution in [0, 0.1) is 6.92 Å². The minimum atomic E-state index is 0.595. The van der Waals surface area contributed by atoms with Gasteiger partial charge in [-0.25, -0.2) is 0 Å². The molecule has 0 fully saturated rings. The van der Waals surface area contributed by atoms with Crippen LogP contribution < -0.4 is 10.2 Å². The van der Waals surface area contributed by atoms with Crippen LogP contribution >= 0.6 is 11.6 Å². The molecule has 0 radical (unpaired) electrons. The third-order valence-corrected chi connectivity index (χ3v) is 2.31. The molecule has 0 atom stereocenters. The molecule has 1 N–H and O–H groups in total. The van der Waals surface area contributed by atoms with E-state index in [4.69, 9.17) is 11.6 Å².